The highest BCUT2D eigenvalue weighted by Crippen LogP contribution is 2.31. The predicted molar refractivity (Wildman–Crippen MR) is 98.9 cm³/mol. The van der Waals surface area contributed by atoms with Crippen LogP contribution in [0.3, 0.4) is 0 Å². The maximum atomic E-state index is 13.0. The van der Waals surface area contributed by atoms with Gasteiger partial charge in [0.2, 0.25) is 5.91 Å². The van der Waals surface area contributed by atoms with Gasteiger partial charge in [0, 0.05) is 25.3 Å². The van der Waals surface area contributed by atoms with Gasteiger partial charge in [-0.25, -0.2) is 0 Å². The maximum Gasteiger partial charge on any atom is 0.231 e. The van der Waals surface area contributed by atoms with Gasteiger partial charge in [0.1, 0.15) is 5.75 Å². The maximum absolute atomic E-state index is 13.0. The summed E-state index contributed by atoms with van der Waals surface area (Å²) >= 11 is 0. The third-order valence-corrected chi connectivity index (χ3v) is 5.34. The summed E-state index contributed by atoms with van der Waals surface area (Å²) in [7, 11) is 1.68. The molecule has 2 aliphatic rings. The van der Waals surface area contributed by atoms with Crippen molar-refractivity contribution >= 4 is 11.6 Å². The number of rotatable bonds is 4. The number of para-hydroxylation sites is 1. The second-order valence-corrected chi connectivity index (χ2v) is 6.94. The van der Waals surface area contributed by atoms with E-state index < -0.39 is 0 Å². The Kier molecular flexibility index (Phi) is 4.45. The number of amides is 1. The first-order valence-electron chi connectivity index (χ1n) is 8.99. The Morgan fingerprint density at radius 1 is 1.12 bits per heavy atom. The lowest BCUT2D eigenvalue weighted by atomic mass is 10.1. The average molecular weight is 336 g/mol. The zero-order valence-corrected chi connectivity index (χ0v) is 14.6. The molecule has 4 heteroatoms. The molecule has 25 heavy (non-hydrogen) atoms. The van der Waals surface area contributed by atoms with Gasteiger partial charge in [0.15, 0.2) is 0 Å². The topological polar surface area (TPSA) is 32.8 Å². The van der Waals surface area contributed by atoms with Crippen molar-refractivity contribution in [3.05, 3.63) is 59.7 Å². The fraction of sp³-hybridized carbons (Fsp3) is 0.381. The number of methoxy groups -OCH3 is 1. The molecule has 1 unspecified atom stereocenters. The largest absolute Gasteiger partial charge is 0.497 e. The molecule has 2 aromatic rings. The molecular formula is C21H24N2O2. The van der Waals surface area contributed by atoms with Gasteiger partial charge in [-0.15, -0.1) is 0 Å². The van der Waals surface area contributed by atoms with Gasteiger partial charge in [-0.2, -0.15) is 0 Å². The minimum Gasteiger partial charge on any atom is -0.497 e. The van der Waals surface area contributed by atoms with E-state index in [9.17, 15) is 4.79 Å². The highest BCUT2D eigenvalue weighted by atomic mass is 16.5. The third kappa shape index (κ3) is 3.27. The quantitative estimate of drug-likeness (QED) is 0.860. The van der Waals surface area contributed by atoms with E-state index >= 15 is 0 Å². The van der Waals surface area contributed by atoms with Crippen LogP contribution < -0.4 is 9.64 Å². The van der Waals surface area contributed by atoms with Gasteiger partial charge in [0.05, 0.1) is 13.0 Å². The Hall–Kier alpha value is -2.33. The summed E-state index contributed by atoms with van der Waals surface area (Å²) < 4.78 is 5.21. The first kappa shape index (κ1) is 16.2. The number of carbonyl (C=O) groups is 1. The molecule has 4 rings (SSSR count). The third-order valence-electron chi connectivity index (χ3n) is 5.34. The minimum absolute atomic E-state index is 0.115. The summed E-state index contributed by atoms with van der Waals surface area (Å²) in [5.41, 5.74) is 3.67. The Balaban J connectivity index is 1.38. The highest BCUT2D eigenvalue weighted by molar-refractivity contribution is 5.97. The van der Waals surface area contributed by atoms with Crippen LogP contribution in [0, 0.1) is 5.92 Å². The van der Waals surface area contributed by atoms with Crippen LogP contribution in [0.15, 0.2) is 48.5 Å². The van der Waals surface area contributed by atoms with E-state index in [1.807, 2.05) is 23.1 Å². The molecule has 1 atom stereocenters. The van der Waals surface area contributed by atoms with Gasteiger partial charge >= 0.3 is 0 Å². The van der Waals surface area contributed by atoms with Crippen molar-refractivity contribution in [2.75, 3.05) is 31.6 Å². The molecule has 0 bridgehead atoms. The standard InChI is InChI=1S/C21H24N2O2/c1-25-19-8-6-16(7-9-19)14-22-12-10-18(15-22)21(24)23-13-11-17-4-2-3-5-20(17)23/h2-9,18H,10-15H2,1H3. The van der Waals surface area contributed by atoms with Crippen molar-refractivity contribution in [2.45, 2.75) is 19.4 Å². The summed E-state index contributed by atoms with van der Waals surface area (Å²) in [5, 5.41) is 0. The number of nitrogens with zero attached hydrogens (tertiary/aromatic N) is 2. The van der Waals surface area contributed by atoms with Gasteiger partial charge in [-0.1, -0.05) is 30.3 Å². The summed E-state index contributed by atoms with van der Waals surface area (Å²) in [5.74, 6) is 1.29. The minimum atomic E-state index is 0.115. The molecule has 1 fully saturated rings. The van der Waals surface area contributed by atoms with Crippen molar-refractivity contribution < 1.29 is 9.53 Å². The van der Waals surface area contributed by atoms with Gasteiger partial charge in [-0.3, -0.25) is 9.69 Å². The molecule has 1 amide bonds. The van der Waals surface area contributed by atoms with Crippen molar-refractivity contribution in [3.8, 4) is 5.75 Å². The fourth-order valence-corrected chi connectivity index (χ4v) is 3.95. The van der Waals surface area contributed by atoms with Gasteiger partial charge in [0.25, 0.3) is 0 Å². The number of fused-ring (bicyclic) bond motifs is 1. The Bertz CT molecular complexity index is 757. The van der Waals surface area contributed by atoms with E-state index in [0.29, 0.717) is 5.91 Å². The number of hydrogen-bond acceptors (Lipinski definition) is 3. The first-order chi connectivity index (χ1) is 12.2. The molecule has 2 aromatic carbocycles. The molecule has 2 aliphatic heterocycles. The second kappa shape index (κ2) is 6.89. The van der Waals surface area contributed by atoms with E-state index in [1.54, 1.807) is 7.11 Å². The molecule has 0 radical (unpaired) electrons. The summed E-state index contributed by atoms with van der Waals surface area (Å²) in [4.78, 5) is 17.4. The molecule has 1 saturated heterocycles. The summed E-state index contributed by atoms with van der Waals surface area (Å²) in [6.45, 7) is 3.55. The van der Waals surface area contributed by atoms with E-state index in [-0.39, 0.29) is 5.92 Å². The van der Waals surface area contributed by atoms with Crippen LogP contribution >= 0.6 is 0 Å². The average Bonchev–Trinajstić information content (AvgIpc) is 3.29. The van der Waals surface area contributed by atoms with E-state index in [4.69, 9.17) is 4.74 Å². The van der Waals surface area contributed by atoms with Crippen molar-refractivity contribution in [2.24, 2.45) is 5.92 Å². The Morgan fingerprint density at radius 3 is 2.72 bits per heavy atom. The van der Waals surface area contributed by atoms with Gasteiger partial charge in [-0.05, 0) is 48.7 Å². The first-order valence-corrected chi connectivity index (χ1v) is 8.99. The molecule has 0 spiro atoms. The fourth-order valence-electron chi connectivity index (χ4n) is 3.95. The van der Waals surface area contributed by atoms with Crippen LogP contribution in [-0.2, 0) is 17.8 Å². The molecule has 130 valence electrons. The summed E-state index contributed by atoms with van der Waals surface area (Å²) in [6, 6.07) is 16.5. The molecule has 0 saturated carbocycles. The lowest BCUT2D eigenvalue weighted by molar-refractivity contribution is -0.121. The lowest BCUT2D eigenvalue weighted by Crippen LogP contribution is -2.36. The lowest BCUT2D eigenvalue weighted by Gasteiger charge is -2.22. The molecule has 0 aliphatic carbocycles. The number of hydrogen-bond donors (Lipinski definition) is 0. The van der Waals surface area contributed by atoms with Crippen LogP contribution in [0.2, 0.25) is 0 Å². The SMILES string of the molecule is COc1ccc(CN2CCC(C(=O)N3CCc4ccccc43)C2)cc1. The van der Waals surface area contributed by atoms with Crippen molar-refractivity contribution in [1.29, 1.82) is 0 Å². The number of ether oxygens (including phenoxy) is 1. The zero-order valence-electron chi connectivity index (χ0n) is 14.6. The van der Waals surface area contributed by atoms with Crippen LogP contribution in [0.5, 0.6) is 5.75 Å². The van der Waals surface area contributed by atoms with Crippen LogP contribution in [0.1, 0.15) is 17.5 Å². The van der Waals surface area contributed by atoms with E-state index in [2.05, 4.69) is 35.2 Å². The molecule has 0 N–H and O–H groups in total. The molecule has 0 aromatic heterocycles. The highest BCUT2D eigenvalue weighted by Gasteiger charge is 2.34. The smallest absolute Gasteiger partial charge is 0.231 e. The normalized spacial score (nSPS) is 19.9. The van der Waals surface area contributed by atoms with Crippen LogP contribution in [0.25, 0.3) is 0 Å². The number of likely N-dealkylation sites (tertiary alicyclic amines) is 1. The number of carbonyl (C=O) groups excluding carboxylic acids is 1. The Morgan fingerprint density at radius 2 is 1.92 bits per heavy atom. The second-order valence-electron chi connectivity index (χ2n) is 6.94. The molecule has 4 nitrogen and oxygen atoms in total. The Labute approximate surface area is 149 Å². The molecular weight excluding hydrogens is 312 g/mol. The number of anilines is 1. The van der Waals surface area contributed by atoms with Crippen LogP contribution in [-0.4, -0.2) is 37.6 Å². The van der Waals surface area contributed by atoms with E-state index in [1.165, 1.54) is 11.1 Å². The monoisotopic (exact) mass is 336 g/mol. The van der Waals surface area contributed by atoms with Crippen molar-refractivity contribution in [3.63, 3.8) is 0 Å². The zero-order chi connectivity index (χ0) is 17.2. The van der Waals surface area contributed by atoms with Crippen LogP contribution in [0.4, 0.5) is 5.69 Å². The van der Waals surface area contributed by atoms with E-state index in [0.717, 1.165) is 50.5 Å². The predicted octanol–water partition coefficient (Wildman–Crippen LogP) is 3.11. The molecule has 2 heterocycles. The van der Waals surface area contributed by atoms with Crippen molar-refractivity contribution in [1.82, 2.24) is 4.90 Å². The number of benzene rings is 2. The van der Waals surface area contributed by atoms with Gasteiger partial charge < -0.3 is 9.64 Å². The summed E-state index contributed by atoms with van der Waals surface area (Å²) in [6.07, 6.45) is 1.93.